The quantitative estimate of drug-likeness (QED) is 0.273. The first-order chi connectivity index (χ1) is 17.7. The SMILES string of the molecule is CC(C)(C)CN(N)/C=C(\N)c1ccc(C(=O)N2CCN(c3nc4nc(Cl)ccc4o3)CC2)cc1C(F)(F)F. The third-order valence-electron chi connectivity index (χ3n) is 5.89. The highest BCUT2D eigenvalue weighted by Gasteiger charge is 2.35. The lowest BCUT2D eigenvalue weighted by Gasteiger charge is -2.34. The second kappa shape index (κ2) is 10.3. The molecule has 0 unspecified atom stereocenters. The third kappa shape index (κ3) is 6.30. The molecule has 1 fully saturated rings. The minimum atomic E-state index is -4.73. The molecule has 2 aromatic heterocycles. The summed E-state index contributed by atoms with van der Waals surface area (Å²) in [5, 5.41) is 1.55. The number of rotatable bonds is 5. The van der Waals surface area contributed by atoms with Crippen LogP contribution in [-0.4, -0.2) is 58.5 Å². The highest BCUT2D eigenvalue weighted by atomic mass is 35.5. The molecule has 0 saturated carbocycles. The number of oxazole rings is 1. The first-order valence-electron chi connectivity index (χ1n) is 11.9. The van der Waals surface area contributed by atoms with E-state index in [1.165, 1.54) is 28.2 Å². The fraction of sp³-hybridized carbons (Fsp3) is 0.400. The van der Waals surface area contributed by atoms with Crippen molar-refractivity contribution in [2.24, 2.45) is 17.0 Å². The zero-order chi connectivity index (χ0) is 27.8. The summed E-state index contributed by atoms with van der Waals surface area (Å²) >= 11 is 5.90. The van der Waals surface area contributed by atoms with Gasteiger partial charge in [0.25, 0.3) is 11.9 Å². The molecular weight excluding hydrogens is 523 g/mol. The van der Waals surface area contributed by atoms with Gasteiger partial charge in [-0.15, -0.1) is 0 Å². The number of fused-ring (bicyclic) bond motifs is 1. The topological polar surface area (TPSA) is 118 Å². The smallest absolute Gasteiger partial charge is 0.417 e. The molecule has 0 spiro atoms. The van der Waals surface area contributed by atoms with Gasteiger partial charge in [-0.05, 0) is 29.7 Å². The molecule has 1 aromatic carbocycles. The number of carbonyl (C=O) groups excluding carboxylic acids is 1. The molecule has 1 amide bonds. The molecule has 1 aliphatic rings. The molecule has 38 heavy (non-hydrogen) atoms. The molecule has 0 atom stereocenters. The molecule has 0 radical (unpaired) electrons. The van der Waals surface area contributed by atoms with Gasteiger partial charge in [-0.2, -0.15) is 18.2 Å². The van der Waals surface area contributed by atoms with E-state index in [1.54, 1.807) is 12.1 Å². The van der Waals surface area contributed by atoms with E-state index in [1.807, 2.05) is 25.7 Å². The molecule has 1 aliphatic heterocycles. The summed E-state index contributed by atoms with van der Waals surface area (Å²) in [5.41, 5.74) is 5.19. The van der Waals surface area contributed by atoms with Crippen molar-refractivity contribution in [2.45, 2.75) is 26.9 Å². The van der Waals surface area contributed by atoms with Gasteiger partial charge in [0.15, 0.2) is 5.58 Å². The minimum absolute atomic E-state index is 0.0812. The molecule has 4 rings (SSSR count). The van der Waals surface area contributed by atoms with Crippen molar-refractivity contribution >= 4 is 40.5 Å². The van der Waals surface area contributed by atoms with Gasteiger partial charge in [-0.1, -0.05) is 38.4 Å². The third-order valence-corrected chi connectivity index (χ3v) is 6.10. The molecule has 1 saturated heterocycles. The van der Waals surface area contributed by atoms with Crippen molar-refractivity contribution in [1.29, 1.82) is 0 Å². The van der Waals surface area contributed by atoms with Crippen LogP contribution in [0.1, 0.15) is 42.3 Å². The average molecular weight is 552 g/mol. The molecule has 0 bridgehead atoms. The van der Waals surface area contributed by atoms with E-state index in [-0.39, 0.29) is 35.3 Å². The fourth-order valence-corrected chi connectivity index (χ4v) is 4.35. The Kier molecular flexibility index (Phi) is 7.48. The fourth-order valence-electron chi connectivity index (χ4n) is 4.21. The zero-order valence-electron chi connectivity index (χ0n) is 21.2. The van der Waals surface area contributed by atoms with Crippen molar-refractivity contribution in [3.05, 3.63) is 58.4 Å². The van der Waals surface area contributed by atoms with Crippen LogP contribution >= 0.6 is 11.6 Å². The van der Waals surface area contributed by atoms with Crippen LogP contribution in [0.4, 0.5) is 19.2 Å². The van der Waals surface area contributed by atoms with Crippen LogP contribution in [0.15, 0.2) is 40.9 Å². The van der Waals surface area contributed by atoms with Crippen LogP contribution < -0.4 is 16.5 Å². The maximum absolute atomic E-state index is 14.0. The van der Waals surface area contributed by atoms with Crippen molar-refractivity contribution in [3.63, 3.8) is 0 Å². The Labute approximate surface area is 222 Å². The summed E-state index contributed by atoms with van der Waals surface area (Å²) in [4.78, 5) is 24.9. The number of benzene rings is 1. The number of nitrogens with zero attached hydrogens (tertiary/aromatic N) is 5. The van der Waals surface area contributed by atoms with E-state index in [4.69, 9.17) is 27.6 Å². The normalized spacial score (nSPS) is 15.3. The summed E-state index contributed by atoms with van der Waals surface area (Å²) < 4.78 is 47.6. The van der Waals surface area contributed by atoms with Gasteiger partial charge in [0.2, 0.25) is 5.65 Å². The molecule has 9 nitrogen and oxygen atoms in total. The van der Waals surface area contributed by atoms with Gasteiger partial charge in [0, 0.05) is 50.1 Å². The summed E-state index contributed by atoms with van der Waals surface area (Å²) in [7, 11) is 0. The van der Waals surface area contributed by atoms with Gasteiger partial charge in [-0.3, -0.25) is 4.79 Å². The number of amides is 1. The average Bonchev–Trinajstić information content (AvgIpc) is 3.24. The van der Waals surface area contributed by atoms with E-state index in [9.17, 15) is 18.0 Å². The number of nitrogens with two attached hydrogens (primary N) is 2. The van der Waals surface area contributed by atoms with E-state index in [0.717, 1.165) is 6.07 Å². The predicted molar refractivity (Wildman–Crippen MR) is 139 cm³/mol. The second-order valence-electron chi connectivity index (χ2n) is 10.3. The molecule has 204 valence electrons. The Hall–Kier alpha value is -3.51. The molecule has 4 N–H and O–H groups in total. The van der Waals surface area contributed by atoms with Gasteiger partial charge >= 0.3 is 6.18 Å². The largest absolute Gasteiger partial charge is 0.422 e. The monoisotopic (exact) mass is 551 g/mol. The number of alkyl halides is 3. The molecular formula is C25H29ClF3N7O2. The lowest BCUT2D eigenvalue weighted by atomic mass is 9.96. The Morgan fingerprint density at radius 3 is 2.45 bits per heavy atom. The van der Waals surface area contributed by atoms with E-state index < -0.39 is 17.6 Å². The van der Waals surface area contributed by atoms with Crippen molar-refractivity contribution in [1.82, 2.24) is 19.9 Å². The maximum atomic E-state index is 14.0. The van der Waals surface area contributed by atoms with Crippen molar-refractivity contribution in [2.75, 3.05) is 37.6 Å². The van der Waals surface area contributed by atoms with Crippen LogP contribution in [0, 0.1) is 5.41 Å². The number of piperazine rings is 1. The van der Waals surface area contributed by atoms with Crippen LogP contribution in [0.5, 0.6) is 0 Å². The van der Waals surface area contributed by atoms with Crippen molar-refractivity contribution < 1.29 is 22.4 Å². The molecule has 13 heteroatoms. The van der Waals surface area contributed by atoms with E-state index in [0.29, 0.717) is 42.0 Å². The first kappa shape index (κ1) is 27.5. The first-order valence-corrected chi connectivity index (χ1v) is 12.3. The number of aromatic nitrogens is 2. The number of anilines is 1. The minimum Gasteiger partial charge on any atom is -0.422 e. The zero-order valence-corrected chi connectivity index (χ0v) is 22.0. The lowest BCUT2D eigenvalue weighted by molar-refractivity contribution is -0.137. The van der Waals surface area contributed by atoms with Gasteiger partial charge in [0.05, 0.1) is 11.3 Å². The number of halogens is 4. The summed E-state index contributed by atoms with van der Waals surface area (Å²) in [6.45, 7) is 7.51. The Morgan fingerprint density at radius 1 is 1.13 bits per heavy atom. The number of hydrazine groups is 1. The highest BCUT2D eigenvalue weighted by molar-refractivity contribution is 6.29. The summed E-state index contributed by atoms with van der Waals surface area (Å²) in [6.07, 6.45) is -3.46. The Morgan fingerprint density at radius 2 is 1.82 bits per heavy atom. The predicted octanol–water partition coefficient (Wildman–Crippen LogP) is 4.34. The number of hydrogen-bond acceptors (Lipinski definition) is 8. The Balaban J connectivity index is 1.50. The van der Waals surface area contributed by atoms with E-state index >= 15 is 0 Å². The summed E-state index contributed by atoms with van der Waals surface area (Å²) in [5.74, 6) is 5.41. The number of hydrogen-bond donors (Lipinski definition) is 2. The van der Waals surface area contributed by atoms with Crippen molar-refractivity contribution in [3.8, 4) is 0 Å². The standard InChI is InChI=1S/C25H29ClF3N7O2/c1-24(2,3)14-36(31)13-18(30)16-5-4-15(12-17(16)25(27,28)29)22(37)34-8-10-35(11-9-34)23-33-21-19(38-23)6-7-20(26)32-21/h4-7,12-13H,8-11,14,30-31H2,1-3H3/b18-13-. The molecule has 3 heterocycles. The van der Waals surface area contributed by atoms with E-state index in [2.05, 4.69) is 9.97 Å². The van der Waals surface area contributed by atoms with Gasteiger partial charge in [-0.25, -0.2) is 10.8 Å². The van der Waals surface area contributed by atoms with Crippen LogP contribution in [0.2, 0.25) is 5.15 Å². The van der Waals surface area contributed by atoms with Crippen LogP contribution in [-0.2, 0) is 6.18 Å². The van der Waals surface area contributed by atoms with Crippen LogP contribution in [0.3, 0.4) is 0 Å². The van der Waals surface area contributed by atoms with Gasteiger partial charge in [0.1, 0.15) is 5.15 Å². The van der Waals surface area contributed by atoms with Crippen LogP contribution in [0.25, 0.3) is 16.9 Å². The van der Waals surface area contributed by atoms with Gasteiger partial charge < -0.3 is 25.0 Å². The number of pyridine rings is 1. The molecule has 0 aliphatic carbocycles. The second-order valence-corrected chi connectivity index (χ2v) is 10.7. The number of carbonyl (C=O) groups is 1. The maximum Gasteiger partial charge on any atom is 0.417 e. The highest BCUT2D eigenvalue weighted by Crippen LogP contribution is 2.35. The lowest BCUT2D eigenvalue weighted by Crippen LogP contribution is -2.49. The summed E-state index contributed by atoms with van der Waals surface area (Å²) in [6, 6.07) is 7.00. The molecule has 3 aromatic rings. The Bertz CT molecular complexity index is 1360.